The number of hydrogen-bond donors (Lipinski definition) is 1. The van der Waals surface area contributed by atoms with Gasteiger partial charge < -0.3 is 0 Å². The van der Waals surface area contributed by atoms with Gasteiger partial charge in [0.05, 0.1) is 4.90 Å². The van der Waals surface area contributed by atoms with Crippen molar-refractivity contribution < 1.29 is 13.3 Å². The molecule has 0 saturated heterocycles. The summed E-state index contributed by atoms with van der Waals surface area (Å²) >= 11 is 0. The van der Waals surface area contributed by atoms with Gasteiger partial charge >= 0.3 is 0 Å². The SMILES string of the molecule is C#CCONS(=O)(=O)c1ccc(C(C)(C)CC)cc1. The van der Waals surface area contributed by atoms with Gasteiger partial charge in [-0.3, -0.25) is 4.84 Å². The van der Waals surface area contributed by atoms with E-state index < -0.39 is 10.0 Å². The second-order valence-electron chi connectivity index (χ2n) is 4.84. The Morgan fingerprint density at radius 1 is 1.32 bits per heavy atom. The molecule has 0 aliphatic rings. The zero-order chi connectivity index (χ0) is 14.5. The Hall–Kier alpha value is -1.35. The molecule has 104 valence electrons. The molecule has 1 aromatic rings. The Morgan fingerprint density at radius 2 is 1.89 bits per heavy atom. The van der Waals surface area contributed by atoms with E-state index in [2.05, 4.69) is 31.5 Å². The summed E-state index contributed by atoms with van der Waals surface area (Å²) in [5.74, 6) is 2.18. The standard InChI is InChI=1S/C14H19NO3S/c1-5-11-18-15-19(16,17)13-9-7-12(8-10-13)14(3,4)6-2/h1,7-10,15H,6,11H2,2-4H3. The third kappa shape index (κ3) is 4.06. The lowest BCUT2D eigenvalue weighted by Gasteiger charge is -2.23. The fraction of sp³-hybridized carbons (Fsp3) is 0.429. The van der Waals surface area contributed by atoms with Gasteiger partial charge in [0.25, 0.3) is 10.0 Å². The summed E-state index contributed by atoms with van der Waals surface area (Å²) in [4.78, 5) is 6.78. The van der Waals surface area contributed by atoms with Crippen LogP contribution < -0.4 is 4.89 Å². The minimum atomic E-state index is -3.67. The zero-order valence-electron chi connectivity index (χ0n) is 11.4. The number of terminal acetylenes is 1. The van der Waals surface area contributed by atoms with Crippen molar-refractivity contribution in [2.75, 3.05) is 6.61 Å². The van der Waals surface area contributed by atoms with E-state index in [0.717, 1.165) is 12.0 Å². The maximum atomic E-state index is 11.8. The minimum Gasteiger partial charge on any atom is -0.274 e. The first kappa shape index (κ1) is 15.7. The first-order valence-electron chi connectivity index (χ1n) is 6.01. The highest BCUT2D eigenvalue weighted by Gasteiger charge is 2.19. The van der Waals surface area contributed by atoms with E-state index in [4.69, 9.17) is 6.42 Å². The van der Waals surface area contributed by atoms with Gasteiger partial charge in [-0.15, -0.1) is 6.42 Å². The average molecular weight is 281 g/mol. The highest BCUT2D eigenvalue weighted by Crippen LogP contribution is 2.27. The lowest BCUT2D eigenvalue weighted by atomic mass is 9.82. The third-order valence-electron chi connectivity index (χ3n) is 3.15. The van der Waals surface area contributed by atoms with Crippen molar-refractivity contribution in [1.82, 2.24) is 4.89 Å². The van der Waals surface area contributed by atoms with E-state index in [9.17, 15) is 8.42 Å². The molecule has 0 aromatic heterocycles. The largest absolute Gasteiger partial charge is 0.274 e. The Morgan fingerprint density at radius 3 is 2.37 bits per heavy atom. The summed E-state index contributed by atoms with van der Waals surface area (Å²) in [7, 11) is -3.67. The first-order chi connectivity index (χ1) is 8.83. The molecule has 1 aromatic carbocycles. The molecule has 0 unspecified atom stereocenters. The van der Waals surface area contributed by atoms with Crippen LogP contribution in [-0.2, 0) is 20.3 Å². The summed E-state index contributed by atoms with van der Waals surface area (Å²) in [6.07, 6.45) is 5.94. The number of sulfonamides is 1. The third-order valence-corrected chi connectivity index (χ3v) is 4.38. The first-order valence-corrected chi connectivity index (χ1v) is 7.49. The lowest BCUT2D eigenvalue weighted by molar-refractivity contribution is 0.123. The van der Waals surface area contributed by atoms with Crippen molar-refractivity contribution in [2.45, 2.75) is 37.5 Å². The van der Waals surface area contributed by atoms with Crippen molar-refractivity contribution in [3.8, 4) is 12.3 Å². The van der Waals surface area contributed by atoms with Crippen molar-refractivity contribution in [3.63, 3.8) is 0 Å². The Bertz CT molecular complexity index is 553. The van der Waals surface area contributed by atoms with E-state index in [1.54, 1.807) is 12.1 Å². The highest BCUT2D eigenvalue weighted by molar-refractivity contribution is 7.89. The molecule has 5 heteroatoms. The molecule has 4 nitrogen and oxygen atoms in total. The molecule has 0 aliphatic heterocycles. The Labute approximate surface area is 115 Å². The Balaban J connectivity index is 2.90. The average Bonchev–Trinajstić information content (AvgIpc) is 2.39. The summed E-state index contributed by atoms with van der Waals surface area (Å²) in [5.41, 5.74) is 1.12. The summed E-state index contributed by atoms with van der Waals surface area (Å²) in [5, 5.41) is 0. The maximum absolute atomic E-state index is 11.8. The van der Waals surface area contributed by atoms with Gasteiger partial charge in [0.15, 0.2) is 0 Å². The molecule has 0 atom stereocenters. The van der Waals surface area contributed by atoms with Gasteiger partial charge in [-0.2, -0.15) is 0 Å². The van der Waals surface area contributed by atoms with Crippen LogP contribution in [0.25, 0.3) is 0 Å². The second-order valence-corrected chi connectivity index (χ2v) is 6.49. The molecular formula is C14H19NO3S. The van der Waals surface area contributed by atoms with Gasteiger partial charge in [0, 0.05) is 0 Å². The van der Waals surface area contributed by atoms with Gasteiger partial charge in [0.2, 0.25) is 0 Å². The maximum Gasteiger partial charge on any atom is 0.262 e. The van der Waals surface area contributed by atoms with Crippen LogP contribution in [-0.4, -0.2) is 15.0 Å². The van der Waals surface area contributed by atoms with E-state index >= 15 is 0 Å². The van der Waals surface area contributed by atoms with Gasteiger partial charge in [-0.05, 0) is 29.5 Å². The Kier molecular flexibility index (Phi) is 5.12. The molecule has 0 saturated carbocycles. The van der Waals surface area contributed by atoms with Crippen molar-refractivity contribution in [3.05, 3.63) is 29.8 Å². The summed E-state index contributed by atoms with van der Waals surface area (Å²) < 4.78 is 23.7. The molecule has 0 amide bonds. The topological polar surface area (TPSA) is 55.4 Å². The van der Waals surface area contributed by atoms with Crippen LogP contribution in [0.5, 0.6) is 0 Å². The molecule has 0 fully saturated rings. The van der Waals surface area contributed by atoms with E-state index in [1.807, 2.05) is 17.0 Å². The molecule has 1 rings (SSSR count). The van der Waals surface area contributed by atoms with Crippen molar-refractivity contribution >= 4 is 10.0 Å². The van der Waals surface area contributed by atoms with Crippen LogP contribution >= 0.6 is 0 Å². The highest BCUT2D eigenvalue weighted by atomic mass is 32.2. The predicted molar refractivity (Wildman–Crippen MR) is 74.9 cm³/mol. The van der Waals surface area contributed by atoms with E-state index in [0.29, 0.717) is 0 Å². The zero-order valence-corrected chi connectivity index (χ0v) is 12.3. The molecule has 0 radical (unpaired) electrons. The van der Waals surface area contributed by atoms with Crippen LogP contribution in [0.2, 0.25) is 0 Å². The molecular weight excluding hydrogens is 262 g/mol. The molecule has 0 heterocycles. The van der Waals surface area contributed by atoms with Crippen molar-refractivity contribution in [2.24, 2.45) is 0 Å². The van der Waals surface area contributed by atoms with Crippen LogP contribution in [0.1, 0.15) is 32.8 Å². The number of rotatable bonds is 6. The fourth-order valence-electron chi connectivity index (χ4n) is 1.49. The van der Waals surface area contributed by atoms with Gasteiger partial charge in [-0.1, -0.05) is 43.7 Å². The van der Waals surface area contributed by atoms with Crippen molar-refractivity contribution in [1.29, 1.82) is 0 Å². The monoisotopic (exact) mass is 281 g/mol. The normalized spacial score (nSPS) is 12.1. The molecule has 0 bridgehead atoms. The number of nitrogens with one attached hydrogen (secondary N) is 1. The van der Waals surface area contributed by atoms with Gasteiger partial charge in [-0.25, -0.2) is 8.42 Å². The summed E-state index contributed by atoms with van der Waals surface area (Å²) in [6.45, 7) is 6.22. The van der Waals surface area contributed by atoms with E-state index in [1.165, 1.54) is 0 Å². The fourth-order valence-corrected chi connectivity index (χ4v) is 2.29. The summed E-state index contributed by atoms with van der Waals surface area (Å²) in [6, 6.07) is 6.76. The smallest absolute Gasteiger partial charge is 0.262 e. The molecule has 0 aliphatic carbocycles. The number of benzene rings is 1. The number of hydrogen-bond acceptors (Lipinski definition) is 3. The van der Waals surface area contributed by atoms with Crippen LogP contribution in [0.3, 0.4) is 0 Å². The predicted octanol–water partition coefficient (Wildman–Crippen LogP) is 2.22. The van der Waals surface area contributed by atoms with Crippen LogP contribution in [0.4, 0.5) is 0 Å². The van der Waals surface area contributed by atoms with Gasteiger partial charge in [0.1, 0.15) is 6.61 Å². The molecule has 19 heavy (non-hydrogen) atoms. The second kappa shape index (κ2) is 6.20. The van der Waals surface area contributed by atoms with Crippen LogP contribution in [0, 0.1) is 12.3 Å². The molecule has 0 spiro atoms. The van der Waals surface area contributed by atoms with E-state index in [-0.39, 0.29) is 16.9 Å². The molecule has 1 N–H and O–H groups in total. The lowest BCUT2D eigenvalue weighted by Crippen LogP contribution is -2.24. The van der Waals surface area contributed by atoms with Crippen LogP contribution in [0.15, 0.2) is 29.2 Å². The minimum absolute atomic E-state index is 0.0235. The quantitative estimate of drug-likeness (QED) is 0.494.